The summed E-state index contributed by atoms with van der Waals surface area (Å²) in [5.74, 6) is -0.242. The average molecular weight is 401 g/mol. The van der Waals surface area contributed by atoms with Crippen molar-refractivity contribution in [2.75, 3.05) is 16.0 Å². The van der Waals surface area contributed by atoms with Crippen LogP contribution in [0.5, 0.6) is 0 Å². The van der Waals surface area contributed by atoms with Crippen LogP contribution in [-0.2, 0) is 9.59 Å². The first-order valence-electron chi connectivity index (χ1n) is 9.59. The van der Waals surface area contributed by atoms with Crippen LogP contribution in [0.1, 0.15) is 49.1 Å². The van der Waals surface area contributed by atoms with Crippen LogP contribution in [0, 0.1) is 12.7 Å². The number of amides is 2. The SMILES string of the molecule is CCCCCC(=O)Nc1cccc(C2SCC(=O)N2c2cc(C)ccc2F)c1. The van der Waals surface area contributed by atoms with E-state index in [0.29, 0.717) is 23.5 Å². The number of anilines is 2. The normalized spacial score (nSPS) is 16.5. The van der Waals surface area contributed by atoms with Crippen molar-refractivity contribution in [1.29, 1.82) is 0 Å². The Hall–Kier alpha value is -2.34. The maximum atomic E-state index is 14.4. The summed E-state index contributed by atoms with van der Waals surface area (Å²) in [4.78, 5) is 26.1. The molecule has 0 saturated carbocycles. The van der Waals surface area contributed by atoms with E-state index in [1.54, 1.807) is 12.1 Å². The van der Waals surface area contributed by atoms with Gasteiger partial charge in [0, 0.05) is 12.1 Å². The number of thioether (sulfide) groups is 1. The Morgan fingerprint density at radius 1 is 1.25 bits per heavy atom. The van der Waals surface area contributed by atoms with Gasteiger partial charge in [-0.15, -0.1) is 11.8 Å². The van der Waals surface area contributed by atoms with Crippen LogP contribution in [0.4, 0.5) is 15.8 Å². The number of hydrogen-bond acceptors (Lipinski definition) is 3. The third-order valence-electron chi connectivity index (χ3n) is 4.69. The Labute approximate surface area is 169 Å². The summed E-state index contributed by atoms with van der Waals surface area (Å²) in [7, 11) is 0. The minimum absolute atomic E-state index is 0.0117. The zero-order valence-corrected chi connectivity index (χ0v) is 17.0. The molecule has 1 fully saturated rings. The van der Waals surface area contributed by atoms with Gasteiger partial charge in [0.1, 0.15) is 11.2 Å². The molecule has 1 aliphatic heterocycles. The van der Waals surface area contributed by atoms with Gasteiger partial charge in [-0.1, -0.05) is 38.0 Å². The second-order valence-electron chi connectivity index (χ2n) is 7.01. The standard InChI is InChI=1S/C22H25FN2O2S/c1-3-4-5-9-20(26)24-17-8-6-7-16(13-17)22-25(21(27)14-28-22)19-12-15(2)10-11-18(19)23/h6-8,10-13,22H,3-5,9,14H2,1-2H3,(H,24,26). The van der Waals surface area contributed by atoms with Crippen molar-refractivity contribution in [1.82, 2.24) is 0 Å². The van der Waals surface area contributed by atoms with Gasteiger partial charge >= 0.3 is 0 Å². The number of hydrogen-bond donors (Lipinski definition) is 1. The van der Waals surface area contributed by atoms with Gasteiger partial charge in [-0.3, -0.25) is 14.5 Å². The number of rotatable bonds is 7. The number of aryl methyl sites for hydroxylation is 1. The lowest BCUT2D eigenvalue weighted by molar-refractivity contribution is -0.117. The van der Waals surface area contributed by atoms with Crippen molar-refractivity contribution >= 4 is 35.0 Å². The topological polar surface area (TPSA) is 49.4 Å². The monoisotopic (exact) mass is 400 g/mol. The maximum Gasteiger partial charge on any atom is 0.238 e. The molecule has 0 aliphatic carbocycles. The molecule has 1 unspecified atom stereocenters. The van der Waals surface area contributed by atoms with Gasteiger partial charge in [0.05, 0.1) is 11.4 Å². The van der Waals surface area contributed by atoms with E-state index in [1.807, 2.05) is 31.2 Å². The van der Waals surface area contributed by atoms with Crippen LogP contribution >= 0.6 is 11.8 Å². The fraction of sp³-hybridized carbons (Fsp3) is 0.364. The molecule has 28 heavy (non-hydrogen) atoms. The van der Waals surface area contributed by atoms with Gasteiger partial charge in [0.2, 0.25) is 11.8 Å². The molecule has 1 N–H and O–H groups in total. The number of carbonyl (C=O) groups excluding carboxylic acids is 2. The highest BCUT2D eigenvalue weighted by Gasteiger charge is 2.35. The number of nitrogens with zero attached hydrogens (tertiary/aromatic N) is 1. The number of halogens is 1. The van der Waals surface area contributed by atoms with Gasteiger partial charge in [0.15, 0.2) is 0 Å². The van der Waals surface area contributed by atoms with Crippen LogP contribution in [0.15, 0.2) is 42.5 Å². The number of nitrogens with one attached hydrogen (secondary N) is 1. The Balaban J connectivity index is 1.81. The summed E-state index contributed by atoms with van der Waals surface area (Å²) in [6, 6.07) is 12.2. The second-order valence-corrected chi connectivity index (χ2v) is 8.08. The lowest BCUT2D eigenvalue weighted by Crippen LogP contribution is -2.28. The summed E-state index contributed by atoms with van der Waals surface area (Å²) in [5, 5.41) is 2.61. The lowest BCUT2D eigenvalue weighted by atomic mass is 10.1. The molecule has 1 atom stereocenters. The van der Waals surface area contributed by atoms with Gasteiger partial charge in [-0.2, -0.15) is 0 Å². The van der Waals surface area contributed by atoms with Crippen LogP contribution in [0.25, 0.3) is 0 Å². The molecule has 2 aromatic rings. The molecule has 1 saturated heterocycles. The molecule has 1 heterocycles. The van der Waals surface area contributed by atoms with Gasteiger partial charge in [-0.05, 0) is 48.7 Å². The van der Waals surface area contributed by atoms with E-state index in [-0.39, 0.29) is 17.2 Å². The Kier molecular flexibility index (Phi) is 6.73. The third kappa shape index (κ3) is 4.73. The summed E-state index contributed by atoms with van der Waals surface area (Å²) < 4.78 is 14.4. The number of unbranched alkanes of at least 4 members (excludes halogenated alkanes) is 2. The van der Waals surface area contributed by atoms with Gasteiger partial charge in [0.25, 0.3) is 0 Å². The summed E-state index contributed by atoms with van der Waals surface area (Å²) in [6.45, 7) is 3.98. The zero-order chi connectivity index (χ0) is 20.1. The first-order valence-corrected chi connectivity index (χ1v) is 10.6. The highest BCUT2D eigenvalue weighted by molar-refractivity contribution is 8.00. The largest absolute Gasteiger partial charge is 0.326 e. The van der Waals surface area contributed by atoms with Crippen LogP contribution in [-0.4, -0.2) is 17.6 Å². The average Bonchev–Trinajstić information content (AvgIpc) is 3.05. The van der Waals surface area contributed by atoms with Crippen molar-refractivity contribution in [2.24, 2.45) is 0 Å². The maximum absolute atomic E-state index is 14.4. The van der Waals surface area contributed by atoms with E-state index in [4.69, 9.17) is 0 Å². The molecule has 4 nitrogen and oxygen atoms in total. The Bertz CT molecular complexity index is 871. The summed E-state index contributed by atoms with van der Waals surface area (Å²) in [5.41, 5.74) is 2.76. The Morgan fingerprint density at radius 2 is 2.07 bits per heavy atom. The van der Waals surface area contributed by atoms with E-state index >= 15 is 0 Å². The molecular formula is C22H25FN2O2S. The molecule has 148 valence electrons. The minimum Gasteiger partial charge on any atom is -0.326 e. The minimum atomic E-state index is -0.410. The van der Waals surface area contributed by atoms with Gasteiger partial charge < -0.3 is 5.32 Å². The molecule has 0 aromatic heterocycles. The van der Waals surface area contributed by atoms with Crippen LogP contribution in [0.2, 0.25) is 0 Å². The second kappa shape index (κ2) is 9.24. The van der Waals surface area contributed by atoms with Crippen LogP contribution in [0.3, 0.4) is 0 Å². The zero-order valence-electron chi connectivity index (χ0n) is 16.2. The molecule has 2 aromatic carbocycles. The lowest BCUT2D eigenvalue weighted by Gasteiger charge is -2.25. The number of benzene rings is 2. The van der Waals surface area contributed by atoms with E-state index in [2.05, 4.69) is 12.2 Å². The smallest absolute Gasteiger partial charge is 0.238 e. The predicted octanol–water partition coefficient (Wildman–Crippen LogP) is 5.43. The molecule has 0 radical (unpaired) electrons. The van der Waals surface area contributed by atoms with Crippen molar-refractivity contribution in [2.45, 2.75) is 44.9 Å². The van der Waals surface area contributed by atoms with Crippen molar-refractivity contribution in [3.8, 4) is 0 Å². The summed E-state index contributed by atoms with van der Waals surface area (Å²) >= 11 is 1.46. The molecule has 3 rings (SSSR count). The predicted molar refractivity (Wildman–Crippen MR) is 113 cm³/mol. The fourth-order valence-electron chi connectivity index (χ4n) is 3.27. The highest BCUT2D eigenvalue weighted by atomic mass is 32.2. The van der Waals surface area contributed by atoms with E-state index < -0.39 is 5.82 Å². The van der Waals surface area contributed by atoms with Crippen LogP contribution < -0.4 is 10.2 Å². The van der Waals surface area contributed by atoms with Gasteiger partial charge in [-0.25, -0.2) is 4.39 Å². The first-order chi connectivity index (χ1) is 13.5. The third-order valence-corrected chi connectivity index (χ3v) is 5.90. The number of carbonyl (C=O) groups is 2. The van der Waals surface area contributed by atoms with E-state index in [0.717, 1.165) is 30.4 Å². The molecule has 0 spiro atoms. The van der Waals surface area contributed by atoms with Crippen molar-refractivity contribution < 1.29 is 14.0 Å². The van der Waals surface area contributed by atoms with E-state index in [1.165, 1.54) is 22.7 Å². The van der Waals surface area contributed by atoms with Crippen molar-refractivity contribution in [3.63, 3.8) is 0 Å². The molecule has 1 aliphatic rings. The highest BCUT2D eigenvalue weighted by Crippen LogP contribution is 2.43. The van der Waals surface area contributed by atoms with Crippen molar-refractivity contribution in [3.05, 3.63) is 59.4 Å². The summed E-state index contributed by atoms with van der Waals surface area (Å²) in [6.07, 6.45) is 3.47. The van der Waals surface area contributed by atoms with E-state index in [9.17, 15) is 14.0 Å². The molecule has 6 heteroatoms. The molecular weight excluding hydrogens is 375 g/mol. The quantitative estimate of drug-likeness (QED) is 0.630. The molecule has 0 bridgehead atoms. The molecule has 2 amide bonds. The Morgan fingerprint density at radius 3 is 2.86 bits per heavy atom. The first kappa shape index (κ1) is 20.4. The fourth-order valence-corrected chi connectivity index (χ4v) is 4.43.